The summed E-state index contributed by atoms with van der Waals surface area (Å²) in [6.45, 7) is -0.00449. The summed E-state index contributed by atoms with van der Waals surface area (Å²) < 4.78 is 23.8. The SMILES string of the molecule is CS(=O)(=O)NCCNC(=O)c1cc([N+](=O)[O-])cnc1Cl. The maximum Gasteiger partial charge on any atom is 0.288 e. The Labute approximate surface area is 119 Å². The Balaban J connectivity index is 2.68. The predicted molar refractivity (Wildman–Crippen MR) is 71.1 cm³/mol. The van der Waals surface area contributed by atoms with Gasteiger partial charge in [0.05, 0.1) is 16.7 Å². The van der Waals surface area contributed by atoms with Crippen LogP contribution in [0.25, 0.3) is 0 Å². The lowest BCUT2D eigenvalue weighted by atomic mass is 10.2. The van der Waals surface area contributed by atoms with E-state index in [0.717, 1.165) is 18.5 Å². The summed E-state index contributed by atoms with van der Waals surface area (Å²) in [6, 6.07) is 0.995. The predicted octanol–water partition coefficient (Wildman–Crippen LogP) is -0.0778. The number of nitrogens with one attached hydrogen (secondary N) is 2. The number of carbonyl (C=O) groups excluding carboxylic acids is 1. The third kappa shape index (κ3) is 5.07. The van der Waals surface area contributed by atoms with Crippen LogP contribution in [0, 0.1) is 10.1 Å². The van der Waals surface area contributed by atoms with Gasteiger partial charge in [0, 0.05) is 19.2 Å². The van der Waals surface area contributed by atoms with Gasteiger partial charge in [-0.05, 0) is 0 Å². The van der Waals surface area contributed by atoms with Gasteiger partial charge in [0.15, 0.2) is 0 Å². The first-order valence-corrected chi connectivity index (χ1v) is 7.50. The standard InChI is InChI=1S/C9H11ClN4O5S/c1-20(18,19)13-3-2-11-9(15)7-4-6(14(16)17)5-12-8(7)10/h4-5,13H,2-3H2,1H3,(H,11,15). The molecule has 0 spiro atoms. The second-order valence-corrected chi connectivity index (χ2v) is 5.90. The van der Waals surface area contributed by atoms with Crippen molar-refractivity contribution in [3.8, 4) is 0 Å². The van der Waals surface area contributed by atoms with Crippen LogP contribution in [0.5, 0.6) is 0 Å². The molecule has 0 unspecified atom stereocenters. The van der Waals surface area contributed by atoms with Crippen molar-refractivity contribution >= 4 is 33.2 Å². The average molecular weight is 323 g/mol. The lowest BCUT2D eigenvalue weighted by Crippen LogP contribution is -2.34. The van der Waals surface area contributed by atoms with Crippen LogP contribution in [0.15, 0.2) is 12.3 Å². The van der Waals surface area contributed by atoms with Crippen molar-refractivity contribution < 1.29 is 18.1 Å². The van der Waals surface area contributed by atoms with Gasteiger partial charge in [-0.1, -0.05) is 11.6 Å². The molecule has 0 saturated heterocycles. The summed E-state index contributed by atoms with van der Waals surface area (Å²) in [7, 11) is -3.34. The number of nitro groups is 1. The van der Waals surface area contributed by atoms with Crippen molar-refractivity contribution in [3.05, 3.63) is 33.1 Å². The van der Waals surface area contributed by atoms with Gasteiger partial charge in [0.25, 0.3) is 11.6 Å². The second kappa shape index (κ2) is 6.59. The maximum atomic E-state index is 11.7. The van der Waals surface area contributed by atoms with E-state index in [2.05, 4.69) is 15.0 Å². The third-order valence-electron chi connectivity index (χ3n) is 2.05. The number of aromatic nitrogens is 1. The van der Waals surface area contributed by atoms with E-state index >= 15 is 0 Å². The van der Waals surface area contributed by atoms with E-state index in [1.165, 1.54) is 0 Å². The fraction of sp³-hybridized carbons (Fsp3) is 0.333. The molecule has 1 rings (SSSR count). The molecule has 0 bridgehead atoms. The molecule has 0 radical (unpaired) electrons. The zero-order chi connectivity index (χ0) is 15.3. The molecule has 11 heteroatoms. The number of nitrogens with zero attached hydrogens (tertiary/aromatic N) is 2. The zero-order valence-electron chi connectivity index (χ0n) is 10.3. The molecule has 110 valence electrons. The minimum absolute atomic E-state index is 0.00489. The maximum absolute atomic E-state index is 11.7. The van der Waals surface area contributed by atoms with Crippen molar-refractivity contribution in [3.63, 3.8) is 0 Å². The Hall–Kier alpha value is -1.78. The van der Waals surface area contributed by atoms with Gasteiger partial charge >= 0.3 is 0 Å². The molecule has 1 aromatic heterocycles. The Morgan fingerprint density at radius 3 is 2.70 bits per heavy atom. The van der Waals surface area contributed by atoms with E-state index in [1.54, 1.807) is 0 Å². The van der Waals surface area contributed by atoms with Crippen LogP contribution < -0.4 is 10.0 Å². The largest absolute Gasteiger partial charge is 0.351 e. The number of sulfonamides is 1. The number of amides is 1. The van der Waals surface area contributed by atoms with E-state index in [4.69, 9.17) is 11.6 Å². The molecule has 2 N–H and O–H groups in total. The van der Waals surface area contributed by atoms with Gasteiger partial charge in [-0.25, -0.2) is 18.1 Å². The topological polar surface area (TPSA) is 131 Å². The summed E-state index contributed by atoms with van der Waals surface area (Å²) in [5.41, 5.74) is -0.519. The molecule has 0 aliphatic heterocycles. The molecule has 1 heterocycles. The van der Waals surface area contributed by atoms with Crippen molar-refractivity contribution in [2.45, 2.75) is 0 Å². The molecule has 0 aliphatic carbocycles. The van der Waals surface area contributed by atoms with Crippen LogP contribution in [-0.2, 0) is 10.0 Å². The lowest BCUT2D eigenvalue weighted by Gasteiger charge is -2.06. The molecule has 0 aromatic carbocycles. The van der Waals surface area contributed by atoms with E-state index in [9.17, 15) is 23.3 Å². The summed E-state index contributed by atoms with van der Waals surface area (Å²) in [6.07, 6.45) is 1.92. The van der Waals surface area contributed by atoms with E-state index in [0.29, 0.717) is 0 Å². The number of pyridine rings is 1. The van der Waals surface area contributed by atoms with E-state index in [-0.39, 0.29) is 29.5 Å². The summed E-state index contributed by atoms with van der Waals surface area (Å²) >= 11 is 5.68. The first kappa shape index (κ1) is 16.3. The first-order chi connectivity index (χ1) is 9.20. The number of rotatable bonds is 6. The van der Waals surface area contributed by atoms with Crippen molar-refractivity contribution in [2.24, 2.45) is 0 Å². The molecule has 1 amide bonds. The van der Waals surface area contributed by atoms with E-state index in [1.807, 2.05) is 0 Å². The molecule has 0 atom stereocenters. The number of carbonyl (C=O) groups is 1. The zero-order valence-corrected chi connectivity index (χ0v) is 11.9. The van der Waals surface area contributed by atoms with Crippen LogP contribution in [0.2, 0.25) is 5.15 Å². The number of hydrogen-bond donors (Lipinski definition) is 2. The highest BCUT2D eigenvalue weighted by Gasteiger charge is 2.16. The fourth-order valence-corrected chi connectivity index (χ4v) is 1.87. The summed E-state index contributed by atoms with van der Waals surface area (Å²) in [5, 5.41) is 12.8. The van der Waals surface area contributed by atoms with Gasteiger partial charge in [-0.3, -0.25) is 14.9 Å². The Morgan fingerprint density at radius 2 is 2.15 bits per heavy atom. The molecule has 0 saturated carbocycles. The second-order valence-electron chi connectivity index (χ2n) is 3.71. The minimum atomic E-state index is -3.34. The first-order valence-electron chi connectivity index (χ1n) is 5.23. The molecule has 1 aromatic rings. The fourth-order valence-electron chi connectivity index (χ4n) is 1.20. The van der Waals surface area contributed by atoms with Crippen molar-refractivity contribution in [2.75, 3.05) is 19.3 Å². The Bertz CT molecular complexity index is 633. The molecule has 9 nitrogen and oxygen atoms in total. The summed E-state index contributed by atoms with van der Waals surface area (Å²) in [5.74, 6) is -0.679. The van der Waals surface area contributed by atoms with Crippen molar-refractivity contribution in [1.29, 1.82) is 0 Å². The highest BCUT2D eigenvalue weighted by molar-refractivity contribution is 7.88. The molecular formula is C9H11ClN4O5S. The number of hydrogen-bond acceptors (Lipinski definition) is 6. The van der Waals surface area contributed by atoms with Gasteiger partial charge in [-0.2, -0.15) is 0 Å². The van der Waals surface area contributed by atoms with Crippen LogP contribution in [0.3, 0.4) is 0 Å². The molecule has 0 fully saturated rings. The molecular weight excluding hydrogens is 312 g/mol. The van der Waals surface area contributed by atoms with E-state index < -0.39 is 20.9 Å². The normalized spacial score (nSPS) is 11.1. The lowest BCUT2D eigenvalue weighted by molar-refractivity contribution is -0.385. The van der Waals surface area contributed by atoms with Gasteiger partial charge in [0.2, 0.25) is 10.0 Å². The van der Waals surface area contributed by atoms with Crippen molar-refractivity contribution in [1.82, 2.24) is 15.0 Å². The van der Waals surface area contributed by atoms with Gasteiger partial charge in [0.1, 0.15) is 11.3 Å². The van der Waals surface area contributed by atoms with Crippen LogP contribution in [0.4, 0.5) is 5.69 Å². The Morgan fingerprint density at radius 1 is 1.50 bits per heavy atom. The smallest absolute Gasteiger partial charge is 0.288 e. The molecule has 0 aliphatic rings. The quantitative estimate of drug-likeness (QED) is 0.326. The highest BCUT2D eigenvalue weighted by Crippen LogP contribution is 2.18. The molecule has 20 heavy (non-hydrogen) atoms. The minimum Gasteiger partial charge on any atom is -0.351 e. The number of halogens is 1. The van der Waals surface area contributed by atoms with Gasteiger partial charge < -0.3 is 5.32 Å². The van der Waals surface area contributed by atoms with Crippen LogP contribution in [-0.4, -0.2) is 43.6 Å². The Kier molecular flexibility index (Phi) is 5.36. The summed E-state index contributed by atoms with van der Waals surface area (Å²) in [4.78, 5) is 25.1. The van der Waals surface area contributed by atoms with Crippen LogP contribution >= 0.6 is 11.6 Å². The van der Waals surface area contributed by atoms with Crippen LogP contribution in [0.1, 0.15) is 10.4 Å². The third-order valence-corrected chi connectivity index (χ3v) is 3.08. The average Bonchev–Trinajstić information content (AvgIpc) is 2.33. The monoisotopic (exact) mass is 322 g/mol. The van der Waals surface area contributed by atoms with Gasteiger partial charge in [-0.15, -0.1) is 0 Å². The highest BCUT2D eigenvalue weighted by atomic mass is 35.5.